The van der Waals surface area contributed by atoms with Gasteiger partial charge in [0.1, 0.15) is 5.82 Å². The molecule has 104 valence electrons. The largest absolute Gasteiger partial charge is 0.385 e. The number of aliphatic hydroxyl groups is 1. The average Bonchev–Trinajstić information content (AvgIpc) is 2.78. The Hall–Kier alpha value is -0.930. The molecular weight excluding hydrogens is 241 g/mol. The summed E-state index contributed by atoms with van der Waals surface area (Å²) < 4.78 is 13.3. The molecule has 19 heavy (non-hydrogen) atoms. The molecule has 3 heteroatoms. The van der Waals surface area contributed by atoms with E-state index in [0.29, 0.717) is 13.0 Å². The summed E-state index contributed by atoms with van der Waals surface area (Å²) in [6.07, 6.45) is 6.90. The number of rotatable bonds is 2. The Kier molecular flexibility index (Phi) is 3.14. The van der Waals surface area contributed by atoms with Gasteiger partial charge in [-0.15, -0.1) is 0 Å². The Morgan fingerprint density at radius 1 is 1.16 bits per heavy atom. The van der Waals surface area contributed by atoms with Crippen molar-refractivity contribution in [3.05, 3.63) is 35.1 Å². The van der Waals surface area contributed by atoms with Crippen LogP contribution in [0.15, 0.2) is 18.2 Å². The third kappa shape index (κ3) is 1.83. The van der Waals surface area contributed by atoms with Crippen LogP contribution in [0.3, 0.4) is 0 Å². The minimum absolute atomic E-state index is 0.214. The number of hydrogen-bond donors (Lipinski definition) is 2. The van der Waals surface area contributed by atoms with Gasteiger partial charge in [-0.1, -0.05) is 25.3 Å². The van der Waals surface area contributed by atoms with Crippen molar-refractivity contribution in [2.75, 3.05) is 6.54 Å². The lowest BCUT2D eigenvalue weighted by atomic mass is 9.61. The molecule has 0 aromatic heterocycles. The second-order valence-corrected chi connectivity index (χ2v) is 6.21. The third-order valence-electron chi connectivity index (χ3n) is 5.35. The molecule has 0 heterocycles. The monoisotopic (exact) mass is 263 g/mol. The fourth-order valence-corrected chi connectivity index (χ4v) is 4.19. The first-order chi connectivity index (χ1) is 9.11. The summed E-state index contributed by atoms with van der Waals surface area (Å²) >= 11 is 0. The number of fused-ring (bicyclic) bond motifs is 1. The molecule has 0 amide bonds. The zero-order valence-corrected chi connectivity index (χ0v) is 11.3. The van der Waals surface area contributed by atoms with Crippen LogP contribution in [0.4, 0.5) is 4.39 Å². The topological polar surface area (TPSA) is 46.2 Å². The fourth-order valence-electron chi connectivity index (χ4n) is 4.19. The summed E-state index contributed by atoms with van der Waals surface area (Å²) in [5.74, 6) is -0.214. The van der Waals surface area contributed by atoms with E-state index in [0.717, 1.165) is 43.2 Å². The predicted molar refractivity (Wildman–Crippen MR) is 73.2 cm³/mol. The van der Waals surface area contributed by atoms with Gasteiger partial charge in [0, 0.05) is 12.0 Å². The Morgan fingerprint density at radius 3 is 2.58 bits per heavy atom. The molecule has 0 bridgehead atoms. The van der Waals surface area contributed by atoms with Gasteiger partial charge in [0.25, 0.3) is 0 Å². The highest BCUT2D eigenvalue weighted by Crippen LogP contribution is 2.55. The smallest absolute Gasteiger partial charge is 0.123 e. The van der Waals surface area contributed by atoms with Crippen LogP contribution in [0.1, 0.15) is 49.7 Å². The minimum Gasteiger partial charge on any atom is -0.385 e. The lowest BCUT2D eigenvalue weighted by molar-refractivity contribution is -0.105. The lowest BCUT2D eigenvalue weighted by Crippen LogP contribution is -2.50. The third-order valence-corrected chi connectivity index (χ3v) is 5.35. The van der Waals surface area contributed by atoms with Crippen molar-refractivity contribution in [3.8, 4) is 0 Å². The molecule has 2 aliphatic carbocycles. The average molecular weight is 263 g/mol. The van der Waals surface area contributed by atoms with E-state index < -0.39 is 5.60 Å². The summed E-state index contributed by atoms with van der Waals surface area (Å²) in [7, 11) is 0. The van der Waals surface area contributed by atoms with E-state index in [4.69, 9.17) is 5.73 Å². The zero-order chi connectivity index (χ0) is 13.5. The summed E-state index contributed by atoms with van der Waals surface area (Å²) in [5, 5.41) is 11.3. The van der Waals surface area contributed by atoms with Gasteiger partial charge in [-0.2, -0.15) is 0 Å². The molecule has 3 rings (SSSR count). The molecule has 0 aliphatic heterocycles. The standard InChI is InChI=1S/C16H22FNO/c17-13-4-5-14-12(10-13)6-9-16(14,19)15(11-18)7-2-1-3-8-15/h4-5,10,19H,1-3,6-9,11,18H2. The normalized spacial score (nSPS) is 29.2. The Labute approximate surface area is 113 Å². The molecule has 2 aliphatic rings. The van der Waals surface area contributed by atoms with E-state index in [9.17, 15) is 9.50 Å². The number of hydrogen-bond acceptors (Lipinski definition) is 2. The Balaban J connectivity index is 2.05. The maximum Gasteiger partial charge on any atom is 0.123 e. The van der Waals surface area contributed by atoms with Crippen LogP contribution in [0.5, 0.6) is 0 Å². The quantitative estimate of drug-likeness (QED) is 0.862. The van der Waals surface area contributed by atoms with Crippen molar-refractivity contribution in [2.24, 2.45) is 11.1 Å². The van der Waals surface area contributed by atoms with Gasteiger partial charge in [-0.05, 0) is 48.9 Å². The molecule has 1 saturated carbocycles. The van der Waals surface area contributed by atoms with E-state index in [2.05, 4.69) is 0 Å². The predicted octanol–water partition coefficient (Wildman–Crippen LogP) is 2.87. The maximum atomic E-state index is 13.3. The van der Waals surface area contributed by atoms with E-state index in [1.165, 1.54) is 12.5 Å². The summed E-state index contributed by atoms with van der Waals surface area (Å²) in [5.41, 5.74) is 6.86. The molecule has 3 N–H and O–H groups in total. The summed E-state index contributed by atoms with van der Waals surface area (Å²) in [6.45, 7) is 0.514. The molecule has 1 aromatic rings. The van der Waals surface area contributed by atoms with Crippen LogP contribution in [0.2, 0.25) is 0 Å². The highest BCUT2D eigenvalue weighted by atomic mass is 19.1. The van der Waals surface area contributed by atoms with Crippen LogP contribution in [-0.4, -0.2) is 11.7 Å². The fraction of sp³-hybridized carbons (Fsp3) is 0.625. The molecular formula is C16H22FNO. The van der Waals surface area contributed by atoms with Gasteiger partial charge < -0.3 is 10.8 Å². The van der Waals surface area contributed by atoms with Crippen molar-refractivity contribution in [1.29, 1.82) is 0 Å². The van der Waals surface area contributed by atoms with Crippen molar-refractivity contribution in [3.63, 3.8) is 0 Å². The Bertz CT molecular complexity index is 482. The molecule has 1 aromatic carbocycles. The van der Waals surface area contributed by atoms with Gasteiger partial charge in [-0.25, -0.2) is 4.39 Å². The van der Waals surface area contributed by atoms with Gasteiger partial charge in [-0.3, -0.25) is 0 Å². The van der Waals surface area contributed by atoms with E-state index in [-0.39, 0.29) is 11.2 Å². The summed E-state index contributed by atoms with van der Waals surface area (Å²) in [4.78, 5) is 0. The highest BCUT2D eigenvalue weighted by Gasteiger charge is 2.53. The van der Waals surface area contributed by atoms with Crippen molar-refractivity contribution in [2.45, 2.75) is 50.5 Å². The van der Waals surface area contributed by atoms with Crippen LogP contribution in [-0.2, 0) is 12.0 Å². The van der Waals surface area contributed by atoms with Crippen LogP contribution >= 0.6 is 0 Å². The second-order valence-electron chi connectivity index (χ2n) is 6.21. The SMILES string of the molecule is NCC1(C2(O)CCc3cc(F)ccc32)CCCCC1. The number of halogens is 1. The molecule has 0 radical (unpaired) electrons. The number of benzene rings is 1. The highest BCUT2D eigenvalue weighted by molar-refractivity contribution is 5.39. The van der Waals surface area contributed by atoms with Gasteiger partial charge in [0.05, 0.1) is 5.60 Å². The van der Waals surface area contributed by atoms with Gasteiger partial charge >= 0.3 is 0 Å². The zero-order valence-electron chi connectivity index (χ0n) is 11.3. The number of aryl methyl sites for hydroxylation is 1. The van der Waals surface area contributed by atoms with Crippen LogP contribution < -0.4 is 5.73 Å². The first kappa shape index (κ1) is 13.1. The van der Waals surface area contributed by atoms with Crippen LogP contribution in [0, 0.1) is 11.2 Å². The van der Waals surface area contributed by atoms with Crippen molar-refractivity contribution < 1.29 is 9.50 Å². The number of nitrogens with two attached hydrogens (primary N) is 1. The molecule has 1 unspecified atom stereocenters. The molecule has 1 fully saturated rings. The van der Waals surface area contributed by atoms with E-state index in [1.807, 2.05) is 0 Å². The second kappa shape index (κ2) is 4.57. The minimum atomic E-state index is -0.856. The maximum absolute atomic E-state index is 13.3. The summed E-state index contributed by atoms with van der Waals surface area (Å²) in [6, 6.07) is 4.80. The van der Waals surface area contributed by atoms with Crippen molar-refractivity contribution >= 4 is 0 Å². The van der Waals surface area contributed by atoms with Gasteiger partial charge in [0.2, 0.25) is 0 Å². The first-order valence-corrected chi connectivity index (χ1v) is 7.33. The first-order valence-electron chi connectivity index (χ1n) is 7.33. The Morgan fingerprint density at radius 2 is 1.89 bits per heavy atom. The van der Waals surface area contributed by atoms with E-state index >= 15 is 0 Å². The molecule has 1 atom stereocenters. The molecule has 0 saturated heterocycles. The van der Waals surface area contributed by atoms with Crippen LogP contribution in [0.25, 0.3) is 0 Å². The molecule has 2 nitrogen and oxygen atoms in total. The van der Waals surface area contributed by atoms with E-state index in [1.54, 1.807) is 12.1 Å². The molecule has 0 spiro atoms. The lowest BCUT2D eigenvalue weighted by Gasteiger charge is -2.48. The van der Waals surface area contributed by atoms with Gasteiger partial charge in [0.15, 0.2) is 0 Å². The van der Waals surface area contributed by atoms with Crippen molar-refractivity contribution in [1.82, 2.24) is 0 Å².